The molecule has 0 saturated carbocycles. The SMILES string of the molecule is CC1CCCCN1c1nc(Cl)ccc1N. The predicted molar refractivity (Wildman–Crippen MR) is 64.3 cm³/mol. The fourth-order valence-corrected chi connectivity index (χ4v) is 2.22. The average Bonchev–Trinajstić information content (AvgIpc) is 2.23. The van der Waals surface area contributed by atoms with E-state index in [9.17, 15) is 0 Å². The summed E-state index contributed by atoms with van der Waals surface area (Å²) in [6, 6.07) is 4.06. The Hall–Kier alpha value is -0.960. The van der Waals surface area contributed by atoms with E-state index in [1.54, 1.807) is 6.07 Å². The van der Waals surface area contributed by atoms with Crippen molar-refractivity contribution in [3.8, 4) is 0 Å². The third-order valence-corrected chi connectivity index (χ3v) is 3.16. The first-order valence-corrected chi connectivity index (χ1v) is 5.75. The molecular formula is C11H16ClN3. The highest BCUT2D eigenvalue weighted by Crippen LogP contribution is 2.28. The molecule has 1 fully saturated rings. The van der Waals surface area contributed by atoms with E-state index in [-0.39, 0.29) is 0 Å². The van der Waals surface area contributed by atoms with Crippen molar-refractivity contribution in [3.63, 3.8) is 0 Å². The first kappa shape index (κ1) is 10.6. The lowest BCUT2D eigenvalue weighted by atomic mass is 10.0. The summed E-state index contributed by atoms with van der Waals surface area (Å²) in [4.78, 5) is 6.57. The van der Waals surface area contributed by atoms with Crippen LogP contribution >= 0.6 is 11.6 Å². The van der Waals surface area contributed by atoms with Crippen molar-refractivity contribution in [2.24, 2.45) is 0 Å². The zero-order valence-corrected chi connectivity index (χ0v) is 9.67. The lowest BCUT2D eigenvalue weighted by Crippen LogP contribution is -2.38. The molecule has 1 aliphatic rings. The Balaban J connectivity index is 2.30. The van der Waals surface area contributed by atoms with Gasteiger partial charge in [-0.2, -0.15) is 0 Å². The lowest BCUT2D eigenvalue weighted by molar-refractivity contribution is 0.482. The number of nitrogens with zero attached hydrogens (tertiary/aromatic N) is 2. The lowest BCUT2D eigenvalue weighted by Gasteiger charge is -2.35. The normalized spacial score (nSPS) is 21.7. The van der Waals surface area contributed by atoms with Crippen LogP contribution in [0.25, 0.3) is 0 Å². The van der Waals surface area contributed by atoms with E-state index in [0.717, 1.165) is 12.4 Å². The maximum Gasteiger partial charge on any atom is 0.153 e. The summed E-state index contributed by atoms with van der Waals surface area (Å²) in [6.07, 6.45) is 3.70. The van der Waals surface area contributed by atoms with Crippen LogP contribution in [-0.2, 0) is 0 Å². The van der Waals surface area contributed by atoms with Crippen LogP contribution < -0.4 is 10.6 Å². The molecule has 2 heterocycles. The molecule has 15 heavy (non-hydrogen) atoms. The molecule has 0 amide bonds. The number of nitrogen functional groups attached to an aromatic ring is 1. The highest BCUT2D eigenvalue weighted by Gasteiger charge is 2.21. The number of hydrogen-bond acceptors (Lipinski definition) is 3. The van der Waals surface area contributed by atoms with Gasteiger partial charge in [0.05, 0.1) is 5.69 Å². The van der Waals surface area contributed by atoms with E-state index < -0.39 is 0 Å². The van der Waals surface area contributed by atoms with Crippen molar-refractivity contribution in [1.29, 1.82) is 0 Å². The summed E-state index contributed by atoms with van der Waals surface area (Å²) in [5.41, 5.74) is 6.64. The van der Waals surface area contributed by atoms with Crippen molar-refractivity contribution in [3.05, 3.63) is 17.3 Å². The molecule has 0 bridgehead atoms. The van der Waals surface area contributed by atoms with E-state index in [2.05, 4.69) is 16.8 Å². The van der Waals surface area contributed by atoms with Crippen molar-refractivity contribution in [2.45, 2.75) is 32.2 Å². The largest absolute Gasteiger partial charge is 0.396 e. The molecular weight excluding hydrogens is 210 g/mol. The quantitative estimate of drug-likeness (QED) is 0.748. The van der Waals surface area contributed by atoms with Crippen LogP contribution in [0.2, 0.25) is 5.15 Å². The third-order valence-electron chi connectivity index (χ3n) is 2.95. The van der Waals surface area contributed by atoms with Crippen molar-refractivity contribution in [1.82, 2.24) is 4.98 Å². The molecule has 1 atom stereocenters. The summed E-state index contributed by atoms with van der Waals surface area (Å²) in [5, 5.41) is 0.511. The zero-order valence-electron chi connectivity index (χ0n) is 8.91. The number of aromatic nitrogens is 1. The van der Waals surface area contributed by atoms with E-state index in [0.29, 0.717) is 16.9 Å². The van der Waals surface area contributed by atoms with Crippen LogP contribution in [0, 0.1) is 0 Å². The van der Waals surface area contributed by atoms with Crippen molar-refractivity contribution < 1.29 is 0 Å². The minimum atomic E-state index is 0.506. The summed E-state index contributed by atoms with van der Waals surface area (Å²) in [6.45, 7) is 3.24. The van der Waals surface area contributed by atoms with Gasteiger partial charge < -0.3 is 10.6 Å². The van der Waals surface area contributed by atoms with Gasteiger partial charge in [-0.3, -0.25) is 0 Å². The highest BCUT2D eigenvalue weighted by atomic mass is 35.5. The molecule has 1 aliphatic heterocycles. The number of hydrogen-bond donors (Lipinski definition) is 1. The zero-order chi connectivity index (χ0) is 10.8. The van der Waals surface area contributed by atoms with Gasteiger partial charge in [-0.1, -0.05) is 11.6 Å². The van der Waals surface area contributed by atoms with Gasteiger partial charge in [0.1, 0.15) is 5.15 Å². The molecule has 1 saturated heterocycles. The third kappa shape index (κ3) is 2.17. The average molecular weight is 226 g/mol. The van der Waals surface area contributed by atoms with Gasteiger partial charge in [0.25, 0.3) is 0 Å². The molecule has 1 unspecified atom stereocenters. The summed E-state index contributed by atoms with van der Waals surface area (Å²) in [7, 11) is 0. The second kappa shape index (κ2) is 4.27. The fraction of sp³-hybridized carbons (Fsp3) is 0.545. The summed E-state index contributed by atoms with van der Waals surface area (Å²) < 4.78 is 0. The van der Waals surface area contributed by atoms with Crippen LogP contribution in [0.1, 0.15) is 26.2 Å². The maximum atomic E-state index is 5.92. The Kier molecular flexibility index (Phi) is 3.00. The summed E-state index contributed by atoms with van der Waals surface area (Å²) in [5.74, 6) is 0.842. The first-order chi connectivity index (χ1) is 7.18. The van der Waals surface area contributed by atoms with Gasteiger partial charge in [-0.15, -0.1) is 0 Å². The topological polar surface area (TPSA) is 42.2 Å². The molecule has 3 nitrogen and oxygen atoms in total. The van der Waals surface area contributed by atoms with Gasteiger partial charge in [-0.25, -0.2) is 4.98 Å². The molecule has 82 valence electrons. The molecule has 1 aromatic heterocycles. The predicted octanol–water partition coefficient (Wildman–Crippen LogP) is 2.70. The van der Waals surface area contributed by atoms with Gasteiger partial charge in [0.2, 0.25) is 0 Å². The number of halogens is 1. The van der Waals surface area contributed by atoms with Crippen LogP contribution in [0.5, 0.6) is 0 Å². The first-order valence-electron chi connectivity index (χ1n) is 5.37. The van der Waals surface area contributed by atoms with Gasteiger partial charge in [0, 0.05) is 12.6 Å². The molecule has 2 rings (SSSR count). The van der Waals surface area contributed by atoms with Gasteiger partial charge in [0.15, 0.2) is 5.82 Å². The molecule has 0 aliphatic carbocycles. The number of pyridine rings is 1. The molecule has 0 aromatic carbocycles. The van der Waals surface area contributed by atoms with E-state index in [1.165, 1.54) is 19.3 Å². The van der Waals surface area contributed by atoms with Crippen LogP contribution in [0.3, 0.4) is 0 Å². The Bertz CT molecular complexity index is 354. The van der Waals surface area contributed by atoms with Crippen LogP contribution in [0.4, 0.5) is 11.5 Å². The molecule has 1 aromatic rings. The Morgan fingerprint density at radius 2 is 2.27 bits per heavy atom. The molecule has 4 heteroatoms. The number of anilines is 2. The van der Waals surface area contributed by atoms with E-state index in [4.69, 9.17) is 17.3 Å². The Labute approximate surface area is 95.2 Å². The summed E-state index contributed by atoms with van der Waals surface area (Å²) >= 11 is 5.89. The minimum Gasteiger partial charge on any atom is -0.396 e. The Morgan fingerprint density at radius 1 is 1.47 bits per heavy atom. The van der Waals surface area contributed by atoms with Gasteiger partial charge >= 0.3 is 0 Å². The number of piperidine rings is 1. The smallest absolute Gasteiger partial charge is 0.153 e. The molecule has 2 N–H and O–H groups in total. The molecule has 0 spiro atoms. The van der Waals surface area contributed by atoms with Crippen LogP contribution in [-0.4, -0.2) is 17.6 Å². The minimum absolute atomic E-state index is 0.506. The Morgan fingerprint density at radius 3 is 3.00 bits per heavy atom. The van der Waals surface area contributed by atoms with E-state index in [1.807, 2.05) is 6.07 Å². The highest BCUT2D eigenvalue weighted by molar-refractivity contribution is 6.29. The molecule has 0 radical (unpaired) electrons. The number of nitrogens with two attached hydrogens (primary N) is 1. The number of rotatable bonds is 1. The monoisotopic (exact) mass is 225 g/mol. The maximum absolute atomic E-state index is 5.92. The second-order valence-corrected chi connectivity index (χ2v) is 4.47. The van der Waals surface area contributed by atoms with Gasteiger partial charge in [-0.05, 0) is 38.3 Å². The van der Waals surface area contributed by atoms with E-state index >= 15 is 0 Å². The fourth-order valence-electron chi connectivity index (χ4n) is 2.08. The second-order valence-electron chi connectivity index (χ2n) is 4.09. The van der Waals surface area contributed by atoms with Crippen molar-refractivity contribution >= 4 is 23.1 Å². The van der Waals surface area contributed by atoms with Crippen LogP contribution in [0.15, 0.2) is 12.1 Å². The standard InChI is InChI=1S/C11H16ClN3/c1-8-4-2-3-7-15(8)11-9(13)5-6-10(12)14-11/h5-6,8H,2-4,7,13H2,1H3. The van der Waals surface area contributed by atoms with Crippen molar-refractivity contribution in [2.75, 3.05) is 17.2 Å².